The lowest BCUT2D eigenvalue weighted by Gasteiger charge is -2.17. The number of hydrogen-bond acceptors (Lipinski definition) is 9. The van der Waals surface area contributed by atoms with E-state index in [1.807, 2.05) is 12.2 Å². The quantitative estimate of drug-likeness (QED) is 0.134. The molecule has 1 heterocycles. The van der Waals surface area contributed by atoms with E-state index >= 15 is 0 Å². The largest absolute Gasteiger partial charge is 0.490 e. The maximum Gasteiger partial charge on any atom is 0.347 e. The van der Waals surface area contributed by atoms with Crippen molar-refractivity contribution in [2.24, 2.45) is 28.8 Å². The Morgan fingerprint density at radius 2 is 1.85 bits per heavy atom. The molecule has 180 valence electrons. The third kappa shape index (κ3) is 4.02. The first kappa shape index (κ1) is 23.4. The van der Waals surface area contributed by atoms with Gasteiger partial charge in [0.25, 0.3) is 11.8 Å². The smallest absolute Gasteiger partial charge is 0.347 e. The third-order valence-corrected chi connectivity index (χ3v) is 6.24. The van der Waals surface area contributed by atoms with Crippen LogP contribution in [-0.2, 0) is 19.1 Å². The molecule has 5 atom stereocenters. The molecule has 1 aromatic rings. The minimum absolute atomic E-state index is 0.0208. The second-order valence-corrected chi connectivity index (χ2v) is 8.30. The number of nitro groups is 1. The number of allylic oxidation sites excluding steroid dienone is 2. The minimum atomic E-state index is -1.11. The number of rotatable bonds is 9. The van der Waals surface area contributed by atoms with Crippen LogP contribution in [0.2, 0.25) is 0 Å². The van der Waals surface area contributed by atoms with Crippen molar-refractivity contribution in [3.05, 3.63) is 40.0 Å². The van der Waals surface area contributed by atoms with Crippen LogP contribution in [0.25, 0.3) is 0 Å². The Hall–Kier alpha value is -3.76. The van der Waals surface area contributed by atoms with E-state index in [1.165, 1.54) is 25.3 Å². The predicted octanol–water partition coefficient (Wildman–Crippen LogP) is 2.46. The van der Waals surface area contributed by atoms with Crippen LogP contribution < -0.4 is 9.47 Å². The van der Waals surface area contributed by atoms with E-state index in [0.29, 0.717) is 0 Å². The Labute approximate surface area is 195 Å². The highest BCUT2D eigenvalue weighted by Gasteiger charge is 2.59. The number of carbonyl (C=O) groups excluding carboxylic acids is 3. The summed E-state index contributed by atoms with van der Waals surface area (Å²) in [4.78, 5) is 48.7. The van der Waals surface area contributed by atoms with Crippen LogP contribution >= 0.6 is 0 Å². The Balaban J connectivity index is 1.62. The molecule has 3 aliphatic rings. The third-order valence-electron chi connectivity index (χ3n) is 6.24. The molecule has 0 radical (unpaired) electrons. The lowest BCUT2D eigenvalue weighted by molar-refractivity contribution is -0.386. The van der Waals surface area contributed by atoms with Gasteiger partial charge in [0.15, 0.2) is 11.9 Å². The molecule has 0 spiro atoms. The summed E-state index contributed by atoms with van der Waals surface area (Å²) in [5, 5.41) is 16.7. The SMILES string of the molecule is CCOC(=O)[C@@H](C)Oc1c(OCC)cc(C=NN2C(=O)[C@@H]3[C@H](C2=O)[C@H]2C=C[C@H]3C2)cc1[N+](=O)[O-]. The van der Waals surface area contributed by atoms with Crippen molar-refractivity contribution in [2.75, 3.05) is 13.2 Å². The number of hydrogen-bond donors (Lipinski definition) is 0. The van der Waals surface area contributed by atoms with Gasteiger partial charge in [-0.05, 0) is 45.1 Å². The van der Waals surface area contributed by atoms with Crippen molar-refractivity contribution < 1.29 is 33.5 Å². The predicted molar refractivity (Wildman–Crippen MR) is 118 cm³/mol. The standard InChI is InChI=1S/C23H25N3O8/c1-4-32-17-9-13(8-16(26(30)31)20(17)34-12(3)23(29)33-5-2)11-24-25-21(27)18-14-6-7-15(10-14)19(18)22(25)28/h6-9,11-12,14-15,18-19H,4-5,10H2,1-3H3/t12-,14+,15+,18-,19+/m1/s1. The van der Waals surface area contributed by atoms with E-state index in [4.69, 9.17) is 14.2 Å². The van der Waals surface area contributed by atoms with Gasteiger partial charge in [-0.25, -0.2) is 4.79 Å². The maximum absolute atomic E-state index is 12.8. The Bertz CT molecular complexity index is 1070. The minimum Gasteiger partial charge on any atom is -0.490 e. The van der Waals surface area contributed by atoms with Crippen LogP contribution in [0.1, 0.15) is 32.8 Å². The molecule has 2 aliphatic carbocycles. The first-order valence-corrected chi connectivity index (χ1v) is 11.1. The van der Waals surface area contributed by atoms with E-state index < -0.39 is 34.5 Å². The number of amides is 2. The fraction of sp³-hybridized carbons (Fsp3) is 0.478. The Morgan fingerprint density at radius 1 is 1.21 bits per heavy atom. The summed E-state index contributed by atoms with van der Waals surface area (Å²) in [7, 11) is 0. The molecule has 2 fully saturated rings. The lowest BCUT2D eigenvalue weighted by atomic mass is 9.85. The molecule has 1 aliphatic heterocycles. The molecular formula is C23H25N3O8. The number of nitro benzene ring substituents is 1. The van der Waals surface area contributed by atoms with Crippen LogP contribution in [0.4, 0.5) is 5.69 Å². The van der Waals surface area contributed by atoms with Gasteiger partial charge in [0.05, 0.1) is 36.2 Å². The van der Waals surface area contributed by atoms with Gasteiger partial charge in [-0.3, -0.25) is 19.7 Å². The normalized spacial score (nSPS) is 25.7. The molecule has 4 rings (SSSR count). The Morgan fingerprint density at radius 3 is 2.41 bits per heavy atom. The highest BCUT2D eigenvalue weighted by molar-refractivity contribution is 6.06. The molecule has 0 aromatic heterocycles. The van der Waals surface area contributed by atoms with E-state index in [1.54, 1.807) is 13.8 Å². The average molecular weight is 471 g/mol. The zero-order valence-corrected chi connectivity index (χ0v) is 19.0. The van der Waals surface area contributed by atoms with Gasteiger partial charge in [0.2, 0.25) is 5.75 Å². The average Bonchev–Trinajstić information content (AvgIpc) is 3.48. The summed E-state index contributed by atoms with van der Waals surface area (Å²) in [5.74, 6) is -2.28. The second kappa shape index (κ2) is 9.24. The second-order valence-electron chi connectivity index (χ2n) is 8.30. The fourth-order valence-electron chi connectivity index (χ4n) is 4.81. The molecule has 2 bridgehead atoms. The molecule has 11 heteroatoms. The number of carbonyl (C=O) groups is 3. The van der Waals surface area contributed by atoms with Crippen LogP contribution in [0, 0.1) is 33.8 Å². The van der Waals surface area contributed by atoms with Crippen LogP contribution in [0.15, 0.2) is 29.4 Å². The van der Waals surface area contributed by atoms with Crippen LogP contribution in [0.3, 0.4) is 0 Å². The summed E-state index contributed by atoms with van der Waals surface area (Å²) in [5.41, 5.74) is -0.230. The lowest BCUT2D eigenvalue weighted by Crippen LogP contribution is -2.28. The molecule has 2 amide bonds. The molecule has 1 saturated carbocycles. The van der Waals surface area contributed by atoms with Crippen molar-refractivity contribution in [1.29, 1.82) is 0 Å². The van der Waals surface area contributed by atoms with E-state index in [0.717, 1.165) is 11.4 Å². The number of imide groups is 1. The topological polar surface area (TPSA) is 138 Å². The van der Waals surface area contributed by atoms with Crippen LogP contribution in [0.5, 0.6) is 11.5 Å². The number of ether oxygens (including phenoxy) is 3. The summed E-state index contributed by atoms with van der Waals surface area (Å²) in [6.07, 6.45) is 4.87. The highest BCUT2D eigenvalue weighted by atomic mass is 16.6. The molecule has 0 unspecified atom stereocenters. The van der Waals surface area contributed by atoms with Gasteiger partial charge in [-0.1, -0.05) is 12.2 Å². The Kier molecular flexibility index (Phi) is 6.36. The van der Waals surface area contributed by atoms with Crippen molar-refractivity contribution in [3.8, 4) is 11.5 Å². The highest BCUT2D eigenvalue weighted by Crippen LogP contribution is 2.52. The molecule has 11 nitrogen and oxygen atoms in total. The van der Waals surface area contributed by atoms with Gasteiger partial charge in [-0.2, -0.15) is 10.1 Å². The fourth-order valence-corrected chi connectivity index (χ4v) is 4.81. The number of esters is 1. The molecule has 0 N–H and O–H groups in total. The van der Waals surface area contributed by atoms with E-state index in [2.05, 4.69) is 5.10 Å². The van der Waals surface area contributed by atoms with Crippen LogP contribution in [-0.4, -0.2) is 53.2 Å². The first-order chi connectivity index (χ1) is 16.3. The number of nitrogens with zero attached hydrogens (tertiary/aromatic N) is 3. The van der Waals surface area contributed by atoms with Gasteiger partial charge in [0.1, 0.15) is 0 Å². The van der Waals surface area contributed by atoms with Gasteiger partial charge in [-0.15, -0.1) is 0 Å². The molecule has 1 aromatic carbocycles. The monoisotopic (exact) mass is 471 g/mol. The molecular weight excluding hydrogens is 446 g/mol. The van der Waals surface area contributed by atoms with E-state index in [-0.39, 0.29) is 53.9 Å². The number of hydrazone groups is 1. The molecule has 34 heavy (non-hydrogen) atoms. The van der Waals surface area contributed by atoms with Crippen molar-refractivity contribution >= 4 is 29.7 Å². The van der Waals surface area contributed by atoms with Gasteiger partial charge in [0, 0.05) is 11.6 Å². The summed E-state index contributed by atoms with van der Waals surface area (Å²) < 4.78 is 16.0. The maximum atomic E-state index is 12.8. The zero-order valence-electron chi connectivity index (χ0n) is 19.0. The molecule has 1 saturated heterocycles. The van der Waals surface area contributed by atoms with Crippen molar-refractivity contribution in [1.82, 2.24) is 5.01 Å². The zero-order chi connectivity index (χ0) is 24.6. The number of benzene rings is 1. The van der Waals surface area contributed by atoms with Crippen molar-refractivity contribution in [3.63, 3.8) is 0 Å². The summed E-state index contributed by atoms with van der Waals surface area (Å²) in [6.45, 7) is 5.04. The van der Waals surface area contributed by atoms with Gasteiger partial charge < -0.3 is 14.2 Å². The van der Waals surface area contributed by atoms with Gasteiger partial charge >= 0.3 is 11.7 Å². The summed E-state index contributed by atoms with van der Waals surface area (Å²) >= 11 is 0. The summed E-state index contributed by atoms with van der Waals surface area (Å²) in [6, 6.07) is 2.61. The number of fused-ring (bicyclic) bond motifs is 5. The van der Waals surface area contributed by atoms with Crippen molar-refractivity contribution in [2.45, 2.75) is 33.3 Å². The van der Waals surface area contributed by atoms with E-state index in [9.17, 15) is 24.5 Å². The first-order valence-electron chi connectivity index (χ1n) is 11.1.